The maximum atomic E-state index is 5.91. The van der Waals surface area contributed by atoms with Crippen LogP contribution in [-0.2, 0) is 0 Å². The fourth-order valence-corrected chi connectivity index (χ4v) is 2.61. The van der Waals surface area contributed by atoms with Crippen molar-refractivity contribution in [1.82, 2.24) is 9.36 Å². The zero-order valence-electron chi connectivity index (χ0n) is 8.50. The third kappa shape index (κ3) is 2.11. The average Bonchev–Trinajstić information content (AvgIpc) is 3.17. The van der Waals surface area contributed by atoms with Crippen LogP contribution in [-0.4, -0.2) is 21.8 Å². The first-order chi connectivity index (χ1) is 7.31. The molecule has 1 N–H and O–H groups in total. The minimum absolute atomic E-state index is 0.354. The lowest BCUT2D eigenvalue weighted by molar-refractivity contribution is 0.618. The number of halogens is 1. The van der Waals surface area contributed by atoms with Crippen LogP contribution in [0.25, 0.3) is 0 Å². The van der Waals surface area contributed by atoms with Gasteiger partial charge in [0, 0.05) is 35.3 Å². The summed E-state index contributed by atoms with van der Waals surface area (Å²) in [5, 5.41) is 4.33. The summed E-state index contributed by atoms with van der Waals surface area (Å²) in [5.41, 5.74) is 0.354. The molecule has 2 aliphatic carbocycles. The largest absolute Gasteiger partial charge is 0.360 e. The second-order valence-corrected chi connectivity index (χ2v) is 5.74. The molecule has 1 heterocycles. The van der Waals surface area contributed by atoms with Crippen molar-refractivity contribution in [2.75, 3.05) is 17.7 Å². The minimum atomic E-state index is 0.354. The fraction of sp³-hybridized carbons (Fsp3) is 0.800. The molecule has 15 heavy (non-hydrogen) atoms. The van der Waals surface area contributed by atoms with Gasteiger partial charge in [-0.25, -0.2) is 4.98 Å². The van der Waals surface area contributed by atoms with Gasteiger partial charge in [0.25, 0.3) is 0 Å². The first kappa shape index (κ1) is 9.85. The SMILES string of the molecule is ClCC1(CNc2nc(C3CC3)ns2)CC1. The van der Waals surface area contributed by atoms with Gasteiger partial charge in [-0.15, -0.1) is 11.6 Å². The Morgan fingerprint density at radius 2 is 2.27 bits per heavy atom. The van der Waals surface area contributed by atoms with E-state index in [1.807, 2.05) is 0 Å². The van der Waals surface area contributed by atoms with Crippen LogP contribution in [0.15, 0.2) is 0 Å². The van der Waals surface area contributed by atoms with Gasteiger partial charge < -0.3 is 5.32 Å². The maximum absolute atomic E-state index is 5.91. The van der Waals surface area contributed by atoms with Crippen LogP contribution in [0.4, 0.5) is 5.13 Å². The van der Waals surface area contributed by atoms with Gasteiger partial charge in [-0.3, -0.25) is 0 Å². The summed E-state index contributed by atoms with van der Waals surface area (Å²) in [4.78, 5) is 4.49. The standard InChI is InChI=1S/C10H14ClN3S/c11-5-10(3-4-10)6-12-9-13-8(14-15-9)7-1-2-7/h7H,1-6H2,(H,12,13,14). The highest BCUT2D eigenvalue weighted by molar-refractivity contribution is 7.09. The van der Waals surface area contributed by atoms with Gasteiger partial charge in [-0.05, 0) is 25.7 Å². The molecule has 2 fully saturated rings. The van der Waals surface area contributed by atoms with E-state index >= 15 is 0 Å². The lowest BCUT2D eigenvalue weighted by atomic mass is 10.1. The van der Waals surface area contributed by atoms with E-state index in [4.69, 9.17) is 11.6 Å². The molecule has 0 saturated heterocycles. The predicted molar refractivity (Wildman–Crippen MR) is 62.8 cm³/mol. The average molecular weight is 244 g/mol. The Morgan fingerprint density at radius 1 is 1.47 bits per heavy atom. The van der Waals surface area contributed by atoms with Crippen molar-refractivity contribution in [3.63, 3.8) is 0 Å². The summed E-state index contributed by atoms with van der Waals surface area (Å²) in [7, 11) is 0. The van der Waals surface area contributed by atoms with Crippen molar-refractivity contribution >= 4 is 28.3 Å². The third-order valence-electron chi connectivity index (χ3n) is 3.24. The normalized spacial score (nSPS) is 22.7. The summed E-state index contributed by atoms with van der Waals surface area (Å²) in [6.07, 6.45) is 5.03. The highest BCUT2D eigenvalue weighted by Crippen LogP contribution is 2.46. The van der Waals surface area contributed by atoms with Gasteiger partial charge in [0.05, 0.1) is 0 Å². The Kier molecular flexibility index (Phi) is 2.36. The van der Waals surface area contributed by atoms with Crippen LogP contribution >= 0.6 is 23.1 Å². The molecule has 0 bridgehead atoms. The van der Waals surface area contributed by atoms with E-state index in [1.165, 1.54) is 37.2 Å². The molecule has 3 nitrogen and oxygen atoms in total. The van der Waals surface area contributed by atoms with E-state index < -0.39 is 0 Å². The van der Waals surface area contributed by atoms with E-state index in [0.717, 1.165) is 23.4 Å². The Labute approximate surface area is 98.4 Å². The van der Waals surface area contributed by atoms with Crippen LogP contribution in [0.5, 0.6) is 0 Å². The van der Waals surface area contributed by atoms with Crippen LogP contribution in [0.2, 0.25) is 0 Å². The first-order valence-corrected chi connectivity index (χ1v) is 6.76. The number of aromatic nitrogens is 2. The molecule has 0 atom stereocenters. The highest BCUT2D eigenvalue weighted by atomic mass is 35.5. The fourth-order valence-electron chi connectivity index (χ4n) is 1.61. The van der Waals surface area contributed by atoms with Gasteiger partial charge in [-0.1, -0.05) is 0 Å². The Morgan fingerprint density at radius 3 is 2.87 bits per heavy atom. The summed E-state index contributed by atoms with van der Waals surface area (Å²) in [6.45, 7) is 0.954. The molecule has 0 aromatic carbocycles. The van der Waals surface area contributed by atoms with Crippen molar-refractivity contribution in [2.45, 2.75) is 31.6 Å². The summed E-state index contributed by atoms with van der Waals surface area (Å²) < 4.78 is 4.36. The van der Waals surface area contributed by atoms with E-state index in [1.54, 1.807) is 0 Å². The molecule has 82 valence electrons. The summed E-state index contributed by atoms with van der Waals surface area (Å²) in [5.74, 6) is 2.45. The van der Waals surface area contributed by atoms with Crippen molar-refractivity contribution in [1.29, 1.82) is 0 Å². The van der Waals surface area contributed by atoms with Crippen molar-refractivity contribution in [2.24, 2.45) is 5.41 Å². The van der Waals surface area contributed by atoms with E-state index in [0.29, 0.717) is 11.3 Å². The molecule has 1 aromatic rings. The molecule has 0 spiro atoms. The number of hydrogen-bond donors (Lipinski definition) is 1. The number of nitrogens with one attached hydrogen (secondary N) is 1. The number of nitrogens with zero attached hydrogens (tertiary/aromatic N) is 2. The zero-order valence-corrected chi connectivity index (χ0v) is 10.1. The maximum Gasteiger partial charge on any atom is 0.202 e. The minimum Gasteiger partial charge on any atom is -0.360 e. The quantitative estimate of drug-likeness (QED) is 0.809. The van der Waals surface area contributed by atoms with Crippen LogP contribution < -0.4 is 5.32 Å². The number of anilines is 1. The number of alkyl halides is 1. The Hall–Kier alpha value is -0.350. The van der Waals surface area contributed by atoms with Gasteiger partial charge >= 0.3 is 0 Å². The summed E-state index contributed by atoms with van der Waals surface area (Å²) >= 11 is 7.40. The summed E-state index contributed by atoms with van der Waals surface area (Å²) in [6, 6.07) is 0. The van der Waals surface area contributed by atoms with Crippen molar-refractivity contribution < 1.29 is 0 Å². The number of hydrogen-bond acceptors (Lipinski definition) is 4. The highest BCUT2D eigenvalue weighted by Gasteiger charge is 2.41. The van der Waals surface area contributed by atoms with Gasteiger partial charge in [-0.2, -0.15) is 4.37 Å². The molecule has 2 saturated carbocycles. The van der Waals surface area contributed by atoms with Crippen LogP contribution in [0, 0.1) is 5.41 Å². The zero-order chi connectivity index (χ0) is 10.3. The molecule has 0 aliphatic heterocycles. The van der Waals surface area contributed by atoms with Gasteiger partial charge in [0.15, 0.2) is 0 Å². The second-order valence-electron chi connectivity index (χ2n) is 4.72. The molecule has 0 radical (unpaired) electrons. The van der Waals surface area contributed by atoms with Crippen molar-refractivity contribution in [3.05, 3.63) is 5.82 Å². The topological polar surface area (TPSA) is 37.8 Å². The van der Waals surface area contributed by atoms with E-state index in [9.17, 15) is 0 Å². The molecule has 0 unspecified atom stereocenters. The van der Waals surface area contributed by atoms with E-state index in [2.05, 4.69) is 14.7 Å². The molecule has 0 amide bonds. The van der Waals surface area contributed by atoms with E-state index in [-0.39, 0.29) is 0 Å². The number of rotatable bonds is 5. The molecule has 2 aliphatic rings. The molecular formula is C10H14ClN3S. The second kappa shape index (κ2) is 3.59. The first-order valence-electron chi connectivity index (χ1n) is 5.45. The van der Waals surface area contributed by atoms with Crippen LogP contribution in [0.1, 0.15) is 37.4 Å². The van der Waals surface area contributed by atoms with Gasteiger partial charge in [0.2, 0.25) is 5.13 Å². The molecule has 1 aromatic heterocycles. The molecular weight excluding hydrogens is 230 g/mol. The van der Waals surface area contributed by atoms with Crippen LogP contribution in [0.3, 0.4) is 0 Å². The molecule has 5 heteroatoms. The lowest BCUT2D eigenvalue weighted by Crippen LogP contribution is -2.16. The Balaban J connectivity index is 1.57. The smallest absolute Gasteiger partial charge is 0.202 e. The predicted octanol–water partition coefficient (Wildman–Crippen LogP) is 2.85. The third-order valence-corrected chi connectivity index (χ3v) is 4.49. The Bertz CT molecular complexity index is 357. The molecule has 3 rings (SSSR count). The van der Waals surface area contributed by atoms with Gasteiger partial charge in [0.1, 0.15) is 5.82 Å². The monoisotopic (exact) mass is 243 g/mol. The van der Waals surface area contributed by atoms with Crippen molar-refractivity contribution in [3.8, 4) is 0 Å². The lowest BCUT2D eigenvalue weighted by Gasteiger charge is -2.10.